The monoisotopic (exact) mass is 233 g/mol. The molecule has 0 amide bonds. The number of H-pyrrole nitrogens is 1. The molecule has 0 radical (unpaired) electrons. The van der Waals surface area contributed by atoms with Crippen molar-refractivity contribution >= 4 is 11.3 Å². The molecule has 3 nitrogen and oxygen atoms in total. The van der Waals surface area contributed by atoms with Crippen LogP contribution in [-0.4, -0.2) is 15.2 Å². The van der Waals surface area contributed by atoms with Crippen LogP contribution in [0, 0.1) is 0 Å². The number of aromatic amines is 1. The molecule has 0 aromatic carbocycles. The highest BCUT2D eigenvalue weighted by atomic mass is 32.1. The third-order valence-electron chi connectivity index (χ3n) is 3.27. The molecule has 0 saturated heterocycles. The Morgan fingerprint density at radius 1 is 1.25 bits per heavy atom. The van der Waals surface area contributed by atoms with Crippen LogP contribution >= 0.6 is 11.3 Å². The van der Waals surface area contributed by atoms with Gasteiger partial charge >= 0.3 is 0 Å². The molecule has 0 spiro atoms. The quantitative estimate of drug-likeness (QED) is 0.861. The van der Waals surface area contributed by atoms with E-state index in [0.717, 1.165) is 17.2 Å². The van der Waals surface area contributed by atoms with Crippen molar-refractivity contribution in [3.63, 3.8) is 0 Å². The van der Waals surface area contributed by atoms with Crippen LogP contribution in [-0.2, 0) is 0 Å². The van der Waals surface area contributed by atoms with Gasteiger partial charge in [0.1, 0.15) is 5.82 Å². The van der Waals surface area contributed by atoms with Gasteiger partial charge in [-0.1, -0.05) is 19.3 Å². The van der Waals surface area contributed by atoms with Crippen LogP contribution in [0.1, 0.15) is 43.8 Å². The molecule has 2 heterocycles. The Bertz CT molecular complexity index is 441. The molecule has 16 heavy (non-hydrogen) atoms. The van der Waals surface area contributed by atoms with Gasteiger partial charge in [0.15, 0.2) is 5.82 Å². The van der Waals surface area contributed by atoms with Gasteiger partial charge in [-0.05, 0) is 24.3 Å². The molecule has 84 valence electrons. The van der Waals surface area contributed by atoms with Crippen LogP contribution in [0.3, 0.4) is 0 Å². The van der Waals surface area contributed by atoms with Crippen molar-refractivity contribution < 1.29 is 0 Å². The summed E-state index contributed by atoms with van der Waals surface area (Å²) in [5.41, 5.74) is 1.13. The van der Waals surface area contributed by atoms with Crippen molar-refractivity contribution in [1.82, 2.24) is 15.2 Å². The second-order valence-electron chi connectivity index (χ2n) is 4.39. The Balaban J connectivity index is 1.82. The maximum absolute atomic E-state index is 4.62. The Labute approximate surface area is 98.9 Å². The largest absolute Gasteiger partial charge is 0.262 e. The molecule has 0 bridgehead atoms. The molecule has 1 fully saturated rings. The topological polar surface area (TPSA) is 41.6 Å². The zero-order valence-corrected chi connectivity index (χ0v) is 9.96. The van der Waals surface area contributed by atoms with Gasteiger partial charge in [0, 0.05) is 16.9 Å². The zero-order chi connectivity index (χ0) is 10.8. The molecule has 2 aromatic heterocycles. The first-order chi connectivity index (χ1) is 7.93. The average Bonchev–Trinajstić information content (AvgIpc) is 3.01. The predicted molar refractivity (Wildman–Crippen MR) is 65.5 cm³/mol. The van der Waals surface area contributed by atoms with Gasteiger partial charge in [-0.3, -0.25) is 5.10 Å². The van der Waals surface area contributed by atoms with Crippen LogP contribution in [0.5, 0.6) is 0 Å². The summed E-state index contributed by atoms with van der Waals surface area (Å²) in [4.78, 5) is 4.62. The molecular formula is C12H15N3S. The molecule has 1 aliphatic carbocycles. The molecule has 1 N–H and O–H groups in total. The van der Waals surface area contributed by atoms with E-state index in [4.69, 9.17) is 0 Å². The fraction of sp³-hybridized carbons (Fsp3) is 0.500. The lowest BCUT2D eigenvalue weighted by Crippen LogP contribution is -2.06. The Hall–Kier alpha value is -1.16. The van der Waals surface area contributed by atoms with Gasteiger partial charge in [-0.2, -0.15) is 16.4 Å². The highest BCUT2D eigenvalue weighted by molar-refractivity contribution is 7.08. The summed E-state index contributed by atoms with van der Waals surface area (Å²) < 4.78 is 0. The van der Waals surface area contributed by atoms with Gasteiger partial charge in [0.05, 0.1) is 0 Å². The summed E-state index contributed by atoms with van der Waals surface area (Å²) in [6, 6.07) is 2.07. The summed E-state index contributed by atoms with van der Waals surface area (Å²) in [5, 5.41) is 11.6. The lowest BCUT2D eigenvalue weighted by Gasteiger charge is -2.18. The number of nitrogens with one attached hydrogen (secondary N) is 1. The Morgan fingerprint density at radius 2 is 2.12 bits per heavy atom. The van der Waals surface area contributed by atoms with Crippen LogP contribution < -0.4 is 0 Å². The standard InChI is InChI=1S/C12H15N3S/c1-2-4-9(5-3-1)11-13-12(15-14-11)10-6-7-16-8-10/h6-9H,1-5H2,(H,13,14,15). The van der Waals surface area contributed by atoms with E-state index in [9.17, 15) is 0 Å². The zero-order valence-electron chi connectivity index (χ0n) is 9.15. The second-order valence-corrected chi connectivity index (χ2v) is 5.17. The van der Waals surface area contributed by atoms with E-state index in [-0.39, 0.29) is 0 Å². The molecule has 0 unspecified atom stereocenters. The van der Waals surface area contributed by atoms with Crippen LogP contribution in [0.25, 0.3) is 11.4 Å². The van der Waals surface area contributed by atoms with Crippen LogP contribution in [0.15, 0.2) is 16.8 Å². The second kappa shape index (κ2) is 4.37. The van der Waals surface area contributed by atoms with E-state index in [0.29, 0.717) is 5.92 Å². The minimum Gasteiger partial charge on any atom is -0.262 e. The molecule has 3 rings (SSSR count). The molecule has 1 saturated carbocycles. The van der Waals surface area contributed by atoms with Crippen molar-refractivity contribution in [1.29, 1.82) is 0 Å². The molecule has 0 aliphatic heterocycles. The first kappa shape index (κ1) is 10.0. The summed E-state index contributed by atoms with van der Waals surface area (Å²) in [6.45, 7) is 0. The van der Waals surface area contributed by atoms with Crippen molar-refractivity contribution in [2.24, 2.45) is 0 Å². The summed E-state index contributed by atoms with van der Waals surface area (Å²) in [5.74, 6) is 2.54. The Morgan fingerprint density at radius 3 is 2.88 bits per heavy atom. The number of hydrogen-bond donors (Lipinski definition) is 1. The van der Waals surface area contributed by atoms with E-state index in [1.54, 1.807) is 11.3 Å². The van der Waals surface area contributed by atoms with E-state index < -0.39 is 0 Å². The number of aromatic nitrogens is 3. The van der Waals surface area contributed by atoms with Crippen molar-refractivity contribution in [2.75, 3.05) is 0 Å². The van der Waals surface area contributed by atoms with Gasteiger partial charge in [0.2, 0.25) is 0 Å². The van der Waals surface area contributed by atoms with Crippen molar-refractivity contribution in [3.8, 4) is 11.4 Å². The van der Waals surface area contributed by atoms with Crippen molar-refractivity contribution in [2.45, 2.75) is 38.0 Å². The molecule has 0 atom stereocenters. The first-order valence-electron chi connectivity index (χ1n) is 5.88. The highest BCUT2D eigenvalue weighted by Gasteiger charge is 2.19. The van der Waals surface area contributed by atoms with Crippen molar-refractivity contribution in [3.05, 3.63) is 22.7 Å². The van der Waals surface area contributed by atoms with Gasteiger partial charge in [-0.25, -0.2) is 4.98 Å². The predicted octanol–water partition coefficient (Wildman–Crippen LogP) is 3.58. The maximum atomic E-state index is 4.62. The number of hydrogen-bond acceptors (Lipinski definition) is 3. The van der Waals surface area contributed by atoms with E-state index in [2.05, 4.69) is 32.0 Å². The summed E-state index contributed by atoms with van der Waals surface area (Å²) in [6.07, 6.45) is 6.57. The fourth-order valence-corrected chi connectivity index (χ4v) is 2.99. The molecule has 2 aromatic rings. The summed E-state index contributed by atoms with van der Waals surface area (Å²) >= 11 is 1.69. The minimum absolute atomic E-state index is 0.605. The molecule has 1 aliphatic rings. The third kappa shape index (κ3) is 1.89. The van der Waals surface area contributed by atoms with Gasteiger partial charge < -0.3 is 0 Å². The minimum atomic E-state index is 0.605. The Kier molecular flexibility index (Phi) is 2.74. The molecular weight excluding hydrogens is 218 g/mol. The molecule has 4 heteroatoms. The van der Waals surface area contributed by atoms with Crippen LogP contribution in [0.2, 0.25) is 0 Å². The van der Waals surface area contributed by atoms with Gasteiger partial charge in [-0.15, -0.1) is 0 Å². The van der Waals surface area contributed by atoms with E-state index in [1.165, 1.54) is 32.1 Å². The summed E-state index contributed by atoms with van der Waals surface area (Å²) in [7, 11) is 0. The number of rotatable bonds is 2. The normalized spacial score (nSPS) is 17.8. The maximum Gasteiger partial charge on any atom is 0.181 e. The first-order valence-corrected chi connectivity index (χ1v) is 6.82. The highest BCUT2D eigenvalue weighted by Crippen LogP contribution is 2.31. The third-order valence-corrected chi connectivity index (χ3v) is 3.96. The number of thiophene rings is 1. The van der Waals surface area contributed by atoms with Gasteiger partial charge in [0.25, 0.3) is 0 Å². The smallest absolute Gasteiger partial charge is 0.181 e. The van der Waals surface area contributed by atoms with E-state index >= 15 is 0 Å². The fourth-order valence-electron chi connectivity index (χ4n) is 2.35. The number of nitrogens with zero attached hydrogens (tertiary/aromatic N) is 2. The van der Waals surface area contributed by atoms with E-state index in [1.807, 2.05) is 0 Å². The lowest BCUT2D eigenvalue weighted by atomic mass is 9.89. The average molecular weight is 233 g/mol. The lowest BCUT2D eigenvalue weighted by molar-refractivity contribution is 0.429. The van der Waals surface area contributed by atoms with Crippen LogP contribution in [0.4, 0.5) is 0 Å². The SMILES string of the molecule is c1cc(-c2n[nH]c(C3CCCCC3)n2)cs1.